The van der Waals surface area contributed by atoms with Crippen LogP contribution < -0.4 is 0 Å². The molecule has 166 valence electrons. The molecule has 4 aliphatic carbocycles. The molecule has 4 aliphatic rings. The molecule has 5 heteroatoms. The molecule has 0 aromatic rings. The number of hydrogen-bond acceptors (Lipinski definition) is 4. The van der Waals surface area contributed by atoms with E-state index in [1.807, 2.05) is 0 Å². The molecule has 0 heterocycles. The Kier molecular flexibility index (Phi) is 5.57. The van der Waals surface area contributed by atoms with Gasteiger partial charge in [-0.15, -0.1) is 0 Å². The first-order chi connectivity index (χ1) is 13.6. The molecule has 0 amide bonds. The van der Waals surface area contributed by atoms with E-state index in [0.717, 1.165) is 44.9 Å². The van der Waals surface area contributed by atoms with Gasteiger partial charge in [-0.05, 0) is 97.7 Å². The van der Waals surface area contributed by atoms with Crippen LogP contribution in [0.15, 0.2) is 0 Å². The Balaban J connectivity index is 1.61. The van der Waals surface area contributed by atoms with Crippen LogP contribution in [0, 0.1) is 46.3 Å². The molecule has 0 radical (unpaired) electrons. The summed E-state index contributed by atoms with van der Waals surface area (Å²) in [6.45, 7) is 6.72. The van der Waals surface area contributed by atoms with Crippen molar-refractivity contribution in [2.75, 3.05) is 0 Å². The average Bonchev–Trinajstić information content (AvgIpc) is 3.01. The van der Waals surface area contributed by atoms with Crippen molar-refractivity contribution in [2.24, 2.45) is 46.3 Å². The summed E-state index contributed by atoms with van der Waals surface area (Å²) in [7, 11) is 0. The van der Waals surface area contributed by atoms with Crippen molar-refractivity contribution < 1.29 is 25.2 Å². The van der Waals surface area contributed by atoms with E-state index in [2.05, 4.69) is 20.8 Å². The third-order valence-corrected chi connectivity index (χ3v) is 10.3. The summed E-state index contributed by atoms with van der Waals surface area (Å²) < 4.78 is 0. The van der Waals surface area contributed by atoms with Gasteiger partial charge in [0.25, 0.3) is 0 Å². The van der Waals surface area contributed by atoms with Crippen molar-refractivity contribution in [2.45, 2.75) is 96.9 Å². The van der Waals surface area contributed by atoms with Crippen molar-refractivity contribution in [1.29, 1.82) is 0 Å². The van der Waals surface area contributed by atoms with Crippen LogP contribution in [-0.4, -0.2) is 44.7 Å². The Morgan fingerprint density at radius 2 is 1.76 bits per heavy atom. The lowest BCUT2D eigenvalue weighted by Gasteiger charge is -2.63. The predicted molar refractivity (Wildman–Crippen MR) is 110 cm³/mol. The Morgan fingerprint density at radius 1 is 1.03 bits per heavy atom. The van der Waals surface area contributed by atoms with Crippen LogP contribution in [0.2, 0.25) is 0 Å². The number of fused-ring (bicyclic) bond motifs is 5. The minimum Gasteiger partial charge on any atom is -0.481 e. The Hall–Kier alpha value is -0.650. The fourth-order valence-electron chi connectivity index (χ4n) is 8.68. The van der Waals surface area contributed by atoms with Gasteiger partial charge in [0.15, 0.2) is 0 Å². The van der Waals surface area contributed by atoms with E-state index in [-0.39, 0.29) is 41.3 Å². The topological polar surface area (TPSA) is 98.0 Å². The fourth-order valence-corrected chi connectivity index (χ4v) is 8.68. The van der Waals surface area contributed by atoms with E-state index in [9.17, 15) is 20.1 Å². The van der Waals surface area contributed by atoms with Gasteiger partial charge in [0.1, 0.15) is 0 Å². The second kappa shape index (κ2) is 7.49. The van der Waals surface area contributed by atoms with Gasteiger partial charge in [-0.2, -0.15) is 0 Å². The number of rotatable bonds is 4. The van der Waals surface area contributed by atoms with Crippen LogP contribution in [0.3, 0.4) is 0 Å². The van der Waals surface area contributed by atoms with E-state index in [4.69, 9.17) is 5.11 Å². The van der Waals surface area contributed by atoms with Crippen LogP contribution in [0.25, 0.3) is 0 Å². The number of aliphatic carboxylic acids is 1. The summed E-state index contributed by atoms with van der Waals surface area (Å²) >= 11 is 0. The monoisotopic (exact) mass is 408 g/mol. The van der Waals surface area contributed by atoms with Gasteiger partial charge in [-0.1, -0.05) is 20.8 Å². The van der Waals surface area contributed by atoms with Crippen molar-refractivity contribution in [1.82, 2.24) is 0 Å². The number of carboxylic acid groups (broad SMARTS) is 1. The second-order valence-electron chi connectivity index (χ2n) is 11.4. The minimum atomic E-state index is -0.748. The third kappa shape index (κ3) is 3.27. The molecule has 29 heavy (non-hydrogen) atoms. The van der Waals surface area contributed by atoms with Crippen LogP contribution in [0.1, 0.15) is 78.6 Å². The molecule has 4 rings (SSSR count). The number of carbonyl (C=O) groups is 1. The molecule has 5 nitrogen and oxygen atoms in total. The first kappa shape index (κ1) is 21.6. The van der Waals surface area contributed by atoms with Crippen molar-refractivity contribution in [3.63, 3.8) is 0 Å². The highest BCUT2D eigenvalue weighted by Crippen LogP contribution is 2.68. The zero-order valence-electron chi connectivity index (χ0n) is 18.3. The zero-order chi connectivity index (χ0) is 21.1. The highest BCUT2D eigenvalue weighted by atomic mass is 16.4. The van der Waals surface area contributed by atoms with E-state index < -0.39 is 12.1 Å². The van der Waals surface area contributed by atoms with Gasteiger partial charge >= 0.3 is 5.97 Å². The largest absolute Gasteiger partial charge is 0.481 e. The number of aliphatic hydroxyl groups excluding tert-OH is 3. The Labute approximate surface area is 174 Å². The summed E-state index contributed by atoms with van der Waals surface area (Å²) in [4.78, 5) is 11.1. The van der Waals surface area contributed by atoms with Crippen LogP contribution >= 0.6 is 0 Å². The average molecular weight is 409 g/mol. The van der Waals surface area contributed by atoms with Crippen LogP contribution in [0.4, 0.5) is 0 Å². The molecule has 4 N–H and O–H groups in total. The summed E-state index contributed by atoms with van der Waals surface area (Å²) in [5.41, 5.74) is -0.143. The maximum atomic E-state index is 11.5. The first-order valence-electron chi connectivity index (χ1n) is 11.8. The molecule has 0 aliphatic heterocycles. The second-order valence-corrected chi connectivity index (χ2v) is 11.4. The van der Waals surface area contributed by atoms with E-state index in [1.165, 1.54) is 0 Å². The number of carboxylic acids is 1. The first-order valence-corrected chi connectivity index (χ1v) is 11.8. The molecule has 0 spiro atoms. The minimum absolute atomic E-state index is 0.0957. The van der Waals surface area contributed by atoms with Crippen molar-refractivity contribution in [3.05, 3.63) is 0 Å². The van der Waals surface area contributed by atoms with Crippen LogP contribution in [-0.2, 0) is 4.79 Å². The highest BCUT2D eigenvalue weighted by Gasteiger charge is 2.65. The molecule has 0 bridgehead atoms. The zero-order valence-corrected chi connectivity index (χ0v) is 18.3. The molecule has 4 saturated carbocycles. The van der Waals surface area contributed by atoms with Gasteiger partial charge in [0, 0.05) is 6.42 Å². The normalized spacial score (nSPS) is 52.9. The number of aliphatic hydroxyl groups is 3. The standard InChI is InChI=1S/C24H40O5/c1-13(4-7-21(28)29)16-5-6-17-22-18(12-20(27)24(16,17)3)23(2)9-8-15(25)10-14(23)11-19(22)26/h13-20,22,25-27H,4-12H2,1-3H3,(H,28,29)/t13-,14+,15?,16-,17+,18+,19?,20-,22+,23+,24-/m1/s1. The van der Waals surface area contributed by atoms with Gasteiger partial charge < -0.3 is 20.4 Å². The van der Waals surface area contributed by atoms with Gasteiger partial charge in [0.2, 0.25) is 0 Å². The van der Waals surface area contributed by atoms with Crippen molar-refractivity contribution >= 4 is 5.97 Å². The van der Waals surface area contributed by atoms with E-state index >= 15 is 0 Å². The van der Waals surface area contributed by atoms with Gasteiger partial charge in [0.05, 0.1) is 18.3 Å². The molecule has 11 atom stereocenters. The maximum Gasteiger partial charge on any atom is 0.303 e. The summed E-state index contributed by atoms with van der Waals surface area (Å²) in [6.07, 6.45) is 6.00. The lowest BCUT2D eigenvalue weighted by atomic mass is 9.43. The lowest BCUT2D eigenvalue weighted by Crippen LogP contribution is -2.62. The number of hydrogen-bond donors (Lipinski definition) is 4. The quantitative estimate of drug-likeness (QED) is 0.571. The van der Waals surface area contributed by atoms with Crippen LogP contribution in [0.5, 0.6) is 0 Å². The molecule has 0 saturated heterocycles. The molecule has 0 aromatic heterocycles. The smallest absolute Gasteiger partial charge is 0.303 e. The van der Waals surface area contributed by atoms with E-state index in [1.54, 1.807) is 0 Å². The molecule has 2 unspecified atom stereocenters. The molecular weight excluding hydrogens is 368 g/mol. The molecule has 4 fully saturated rings. The predicted octanol–water partition coefficient (Wildman–Crippen LogP) is 3.45. The SMILES string of the molecule is C[C@H](CCC(=O)O)[C@H]1CC[C@H]2[C@@H]3C(O)C[C@@H]4CC(O)CC[C@]4(C)[C@H]3C[C@@H](O)[C@]12C. The summed E-state index contributed by atoms with van der Waals surface area (Å²) in [6, 6.07) is 0. The van der Waals surface area contributed by atoms with E-state index in [0.29, 0.717) is 30.1 Å². The molecule has 0 aromatic carbocycles. The highest BCUT2D eigenvalue weighted by molar-refractivity contribution is 5.66. The third-order valence-electron chi connectivity index (χ3n) is 10.3. The Bertz CT molecular complexity index is 637. The maximum absolute atomic E-state index is 11.5. The van der Waals surface area contributed by atoms with Gasteiger partial charge in [-0.25, -0.2) is 0 Å². The summed E-state index contributed by atoms with van der Waals surface area (Å²) in [5.74, 6) is 0.997. The Morgan fingerprint density at radius 3 is 2.45 bits per heavy atom. The fraction of sp³-hybridized carbons (Fsp3) is 0.958. The van der Waals surface area contributed by atoms with Crippen molar-refractivity contribution in [3.8, 4) is 0 Å². The van der Waals surface area contributed by atoms with Gasteiger partial charge in [-0.3, -0.25) is 4.79 Å². The lowest BCUT2D eigenvalue weighted by molar-refractivity contribution is -0.207. The summed E-state index contributed by atoms with van der Waals surface area (Å²) in [5, 5.41) is 42.0. The molecular formula is C24H40O5.